The maximum absolute atomic E-state index is 6.62. The lowest BCUT2D eigenvalue weighted by Crippen LogP contribution is -2.41. The van der Waals surface area contributed by atoms with E-state index in [1.807, 2.05) is 0 Å². The lowest BCUT2D eigenvalue weighted by Gasteiger charge is -2.32. The fourth-order valence-electron chi connectivity index (χ4n) is 4.44. The van der Waals surface area contributed by atoms with Gasteiger partial charge in [0.15, 0.2) is 0 Å². The van der Waals surface area contributed by atoms with Crippen LogP contribution in [0.25, 0.3) is 5.47 Å². The average molecular weight is 496 g/mol. The van der Waals surface area contributed by atoms with E-state index >= 15 is 0 Å². The van der Waals surface area contributed by atoms with Gasteiger partial charge >= 0.3 is 21.4 Å². The summed E-state index contributed by atoms with van der Waals surface area (Å²) in [4.78, 5) is 0. The van der Waals surface area contributed by atoms with Crippen molar-refractivity contribution < 1.29 is 27.9 Å². The van der Waals surface area contributed by atoms with Crippen molar-refractivity contribution in [1.29, 1.82) is 0 Å². The molecule has 0 atom stereocenters. The standard InChI is InChI=1S/C27H43B3O6/c1-18-14-16-19(17-15-18)20(28-31-22(2,3)23(4,5)32-28)21(29-33-24(6,7)25(8,9)34-29)30-35-26(10,11)27(12,13)36-30/h14-17H,1-13H3. The van der Waals surface area contributed by atoms with E-state index in [1.165, 1.54) is 5.56 Å². The number of rotatable bonds is 4. The van der Waals surface area contributed by atoms with Crippen LogP contribution in [0.4, 0.5) is 0 Å². The summed E-state index contributed by atoms with van der Waals surface area (Å²) in [6.45, 7) is 26.7. The van der Waals surface area contributed by atoms with Crippen LogP contribution in [0.2, 0.25) is 0 Å². The summed E-state index contributed by atoms with van der Waals surface area (Å²) in [7, 11) is -2.08. The van der Waals surface area contributed by atoms with E-state index in [2.05, 4.69) is 114 Å². The van der Waals surface area contributed by atoms with Gasteiger partial charge in [0.05, 0.1) is 33.6 Å². The lowest BCUT2D eigenvalue weighted by atomic mass is 9.49. The van der Waals surface area contributed by atoms with Crippen LogP contribution in [0.5, 0.6) is 0 Å². The molecule has 0 unspecified atom stereocenters. The molecule has 0 spiro atoms. The second kappa shape index (κ2) is 8.46. The fourth-order valence-corrected chi connectivity index (χ4v) is 4.44. The molecule has 1 aromatic rings. The van der Waals surface area contributed by atoms with E-state index in [-0.39, 0.29) is 0 Å². The van der Waals surface area contributed by atoms with Crippen molar-refractivity contribution in [3.8, 4) is 0 Å². The zero-order valence-corrected chi connectivity index (χ0v) is 24.5. The largest absolute Gasteiger partial charge is 0.494 e. The maximum Gasteiger partial charge on any atom is 0.494 e. The van der Waals surface area contributed by atoms with Gasteiger partial charge in [-0.3, -0.25) is 0 Å². The van der Waals surface area contributed by atoms with Gasteiger partial charge in [0, 0.05) is 0 Å². The SMILES string of the molecule is Cc1ccc(C(B2OC(C)(C)C(C)(C)O2)=C(B2OC(C)(C)C(C)(C)O2)B2OC(C)(C)C(C)(C)O2)cc1. The molecule has 0 aliphatic carbocycles. The van der Waals surface area contributed by atoms with E-state index in [0.717, 1.165) is 16.4 Å². The minimum Gasteiger partial charge on any atom is -0.400 e. The first-order chi connectivity index (χ1) is 16.2. The van der Waals surface area contributed by atoms with Crippen LogP contribution in [-0.2, 0) is 27.9 Å². The smallest absolute Gasteiger partial charge is 0.400 e. The highest BCUT2D eigenvalue weighted by molar-refractivity contribution is 6.86. The van der Waals surface area contributed by atoms with Crippen LogP contribution in [0, 0.1) is 6.92 Å². The first kappa shape index (κ1) is 27.9. The zero-order valence-electron chi connectivity index (χ0n) is 24.5. The van der Waals surface area contributed by atoms with Gasteiger partial charge in [-0.05, 0) is 106 Å². The summed E-state index contributed by atoms with van der Waals surface area (Å²) in [6, 6.07) is 8.36. The van der Waals surface area contributed by atoms with Crippen LogP contribution in [0.1, 0.15) is 94.2 Å². The van der Waals surface area contributed by atoms with Crippen LogP contribution < -0.4 is 0 Å². The third-order valence-electron chi connectivity index (χ3n) is 9.18. The number of benzene rings is 1. The summed E-state index contributed by atoms with van der Waals surface area (Å²) in [6.07, 6.45) is 0. The van der Waals surface area contributed by atoms with Crippen molar-refractivity contribution in [3.05, 3.63) is 40.8 Å². The van der Waals surface area contributed by atoms with Crippen molar-refractivity contribution in [1.82, 2.24) is 0 Å². The molecule has 4 rings (SSSR count). The first-order valence-electron chi connectivity index (χ1n) is 13.1. The Kier molecular flexibility index (Phi) is 6.56. The molecule has 0 bridgehead atoms. The summed E-state index contributed by atoms with van der Waals surface area (Å²) in [5.41, 5.74) is -0.261. The van der Waals surface area contributed by atoms with E-state index in [9.17, 15) is 0 Å². The third kappa shape index (κ3) is 4.54. The van der Waals surface area contributed by atoms with Gasteiger partial charge in [-0.2, -0.15) is 0 Å². The molecule has 0 N–H and O–H groups in total. The molecule has 6 nitrogen and oxygen atoms in total. The van der Waals surface area contributed by atoms with E-state index < -0.39 is 55.0 Å². The second-order valence-electron chi connectivity index (χ2n) is 13.5. The number of hydrogen-bond acceptors (Lipinski definition) is 6. The fraction of sp³-hybridized carbons (Fsp3) is 0.704. The Balaban J connectivity index is 1.96. The molecule has 36 heavy (non-hydrogen) atoms. The topological polar surface area (TPSA) is 55.4 Å². The highest BCUT2D eigenvalue weighted by atomic mass is 16.7. The Morgan fingerprint density at radius 2 is 0.750 bits per heavy atom. The van der Waals surface area contributed by atoms with Crippen LogP contribution in [-0.4, -0.2) is 55.0 Å². The molecular weight excluding hydrogens is 453 g/mol. The van der Waals surface area contributed by atoms with Crippen molar-refractivity contribution >= 4 is 26.8 Å². The molecule has 3 aliphatic heterocycles. The Hall–Kier alpha value is -1.09. The highest BCUT2D eigenvalue weighted by Gasteiger charge is 2.62. The second-order valence-corrected chi connectivity index (χ2v) is 13.5. The van der Waals surface area contributed by atoms with Gasteiger partial charge in [-0.25, -0.2) is 0 Å². The minimum absolute atomic E-state index is 0.523. The molecule has 0 radical (unpaired) electrons. The molecule has 3 aliphatic rings. The highest BCUT2D eigenvalue weighted by Crippen LogP contribution is 2.48. The zero-order chi connectivity index (χ0) is 27.1. The Labute approximate surface area is 219 Å². The van der Waals surface area contributed by atoms with Gasteiger partial charge < -0.3 is 27.9 Å². The summed E-state index contributed by atoms with van der Waals surface area (Å²) < 4.78 is 39.7. The van der Waals surface area contributed by atoms with Gasteiger partial charge in [-0.1, -0.05) is 29.8 Å². The molecule has 3 fully saturated rings. The van der Waals surface area contributed by atoms with Crippen molar-refractivity contribution in [2.24, 2.45) is 0 Å². The molecule has 3 heterocycles. The van der Waals surface area contributed by atoms with Crippen molar-refractivity contribution in [2.75, 3.05) is 0 Å². The quantitative estimate of drug-likeness (QED) is 0.503. The Bertz CT molecular complexity index is 956. The van der Waals surface area contributed by atoms with Crippen molar-refractivity contribution in [2.45, 2.75) is 124 Å². The van der Waals surface area contributed by atoms with Crippen LogP contribution >= 0.6 is 0 Å². The van der Waals surface area contributed by atoms with Gasteiger partial charge in [-0.15, -0.1) is 0 Å². The molecule has 0 saturated carbocycles. The normalized spacial score (nSPS) is 27.0. The summed E-state index contributed by atoms with van der Waals surface area (Å²) in [5, 5.41) is 0.745. The van der Waals surface area contributed by atoms with Gasteiger partial charge in [0.25, 0.3) is 0 Å². The van der Waals surface area contributed by atoms with E-state index in [4.69, 9.17) is 27.9 Å². The number of aryl methyl sites for hydroxylation is 1. The number of hydrogen-bond donors (Lipinski definition) is 0. The van der Waals surface area contributed by atoms with Gasteiger partial charge in [0.1, 0.15) is 0 Å². The van der Waals surface area contributed by atoms with Crippen molar-refractivity contribution in [3.63, 3.8) is 0 Å². The van der Waals surface area contributed by atoms with Crippen LogP contribution in [0.15, 0.2) is 29.6 Å². The molecule has 9 heteroatoms. The van der Waals surface area contributed by atoms with E-state index in [0.29, 0.717) is 0 Å². The van der Waals surface area contributed by atoms with E-state index in [1.54, 1.807) is 0 Å². The summed E-state index contributed by atoms with van der Waals surface area (Å²) >= 11 is 0. The molecular formula is C27H43B3O6. The lowest BCUT2D eigenvalue weighted by molar-refractivity contribution is 0.00578. The Morgan fingerprint density at radius 3 is 1.06 bits per heavy atom. The van der Waals surface area contributed by atoms with Gasteiger partial charge in [0.2, 0.25) is 0 Å². The predicted molar refractivity (Wildman–Crippen MR) is 146 cm³/mol. The van der Waals surface area contributed by atoms with Crippen LogP contribution in [0.3, 0.4) is 0 Å². The minimum atomic E-state index is -0.708. The molecule has 1 aromatic carbocycles. The average Bonchev–Trinajstić information content (AvgIpc) is 3.14. The maximum atomic E-state index is 6.62. The predicted octanol–water partition coefficient (Wildman–Crippen LogP) is 5.64. The molecule has 3 saturated heterocycles. The monoisotopic (exact) mass is 496 g/mol. The third-order valence-corrected chi connectivity index (χ3v) is 9.18. The Morgan fingerprint density at radius 1 is 0.472 bits per heavy atom. The molecule has 196 valence electrons. The molecule has 0 aromatic heterocycles. The summed E-state index contributed by atoms with van der Waals surface area (Å²) in [5.74, 6) is 0. The molecule has 0 amide bonds. The first-order valence-corrected chi connectivity index (χ1v) is 13.1.